The third-order valence-electron chi connectivity index (χ3n) is 6.21. The zero-order chi connectivity index (χ0) is 22.0. The largest absolute Gasteiger partial charge is 0.496 e. The summed E-state index contributed by atoms with van der Waals surface area (Å²) < 4.78 is 5.52. The number of nitrogens with zero attached hydrogens (tertiary/aromatic N) is 4. The summed E-state index contributed by atoms with van der Waals surface area (Å²) in [4.78, 5) is 38.1. The summed E-state index contributed by atoms with van der Waals surface area (Å²) in [5.41, 5.74) is 7.82. The van der Waals surface area contributed by atoms with E-state index >= 15 is 0 Å². The van der Waals surface area contributed by atoms with Crippen molar-refractivity contribution in [3.05, 3.63) is 47.0 Å². The molecule has 0 bridgehead atoms. The van der Waals surface area contributed by atoms with E-state index in [0.29, 0.717) is 34.9 Å². The molecule has 0 spiro atoms. The molecule has 1 aromatic heterocycles. The minimum atomic E-state index is -0.553. The van der Waals surface area contributed by atoms with E-state index < -0.39 is 5.91 Å². The van der Waals surface area contributed by atoms with Gasteiger partial charge < -0.3 is 20.3 Å². The van der Waals surface area contributed by atoms with Crippen LogP contribution in [-0.2, 0) is 0 Å². The third-order valence-corrected chi connectivity index (χ3v) is 6.21. The van der Waals surface area contributed by atoms with Gasteiger partial charge >= 0.3 is 0 Å². The molecule has 3 heterocycles. The lowest BCUT2D eigenvalue weighted by molar-refractivity contribution is 0.0725. The van der Waals surface area contributed by atoms with Crippen molar-refractivity contribution in [3.8, 4) is 5.75 Å². The number of carbonyl (C=O) groups is 2. The summed E-state index contributed by atoms with van der Waals surface area (Å²) in [6.45, 7) is 4.37. The van der Waals surface area contributed by atoms with Gasteiger partial charge in [0, 0.05) is 31.5 Å². The van der Waals surface area contributed by atoms with Crippen LogP contribution in [-0.4, -0.2) is 53.4 Å². The van der Waals surface area contributed by atoms with Crippen LogP contribution in [0.1, 0.15) is 70.4 Å². The van der Waals surface area contributed by atoms with Crippen molar-refractivity contribution in [2.75, 3.05) is 31.6 Å². The molecule has 164 valence electrons. The van der Waals surface area contributed by atoms with Gasteiger partial charge in [-0.1, -0.05) is 0 Å². The zero-order valence-corrected chi connectivity index (χ0v) is 18.1. The molecular weight excluding hydrogens is 394 g/mol. The molecule has 2 N–H and O–H groups in total. The molecule has 31 heavy (non-hydrogen) atoms. The Labute approximate surface area is 182 Å². The van der Waals surface area contributed by atoms with Gasteiger partial charge in [0.2, 0.25) is 0 Å². The lowest BCUT2D eigenvalue weighted by atomic mass is 10.1. The van der Waals surface area contributed by atoms with E-state index in [2.05, 4.69) is 14.9 Å². The number of ether oxygens (including phenoxy) is 1. The van der Waals surface area contributed by atoms with Gasteiger partial charge in [0.15, 0.2) is 5.82 Å². The van der Waals surface area contributed by atoms with Gasteiger partial charge in [-0.05, 0) is 57.2 Å². The van der Waals surface area contributed by atoms with Crippen molar-refractivity contribution >= 4 is 17.5 Å². The number of methoxy groups -OCH3 is 1. The van der Waals surface area contributed by atoms with E-state index in [9.17, 15) is 9.59 Å². The maximum Gasteiger partial charge on any atom is 0.258 e. The molecule has 4 rings (SSSR count). The zero-order valence-electron chi connectivity index (χ0n) is 18.1. The quantitative estimate of drug-likeness (QED) is 0.793. The fourth-order valence-electron chi connectivity index (χ4n) is 4.53. The number of primary amides is 1. The van der Waals surface area contributed by atoms with Crippen molar-refractivity contribution in [1.82, 2.24) is 14.9 Å². The SMILES string of the molecule is COc1ccc(N2CCCCC2)cc1C(=O)N1CCCC1c1ncc(C(N)=O)c(C)n1. The molecule has 1 aromatic carbocycles. The highest BCUT2D eigenvalue weighted by molar-refractivity contribution is 5.98. The molecule has 2 aliphatic rings. The maximum absolute atomic E-state index is 13.6. The number of aromatic nitrogens is 2. The van der Waals surface area contributed by atoms with Crippen molar-refractivity contribution in [3.63, 3.8) is 0 Å². The van der Waals surface area contributed by atoms with Gasteiger partial charge in [0.1, 0.15) is 5.75 Å². The Balaban J connectivity index is 1.63. The van der Waals surface area contributed by atoms with Crippen molar-refractivity contribution in [2.24, 2.45) is 5.73 Å². The highest BCUT2D eigenvalue weighted by atomic mass is 16.5. The summed E-state index contributed by atoms with van der Waals surface area (Å²) in [6.07, 6.45) is 6.68. The normalized spacial score (nSPS) is 18.8. The Kier molecular flexibility index (Phi) is 6.06. The van der Waals surface area contributed by atoms with E-state index in [0.717, 1.165) is 31.6 Å². The molecule has 0 aliphatic carbocycles. The topological polar surface area (TPSA) is 102 Å². The minimum absolute atomic E-state index is 0.0848. The second-order valence-electron chi connectivity index (χ2n) is 8.18. The average molecular weight is 424 g/mol. The number of carbonyl (C=O) groups excluding carboxylic acids is 2. The van der Waals surface area contributed by atoms with Gasteiger partial charge in [-0.25, -0.2) is 9.97 Å². The van der Waals surface area contributed by atoms with Crippen LogP contribution < -0.4 is 15.4 Å². The standard InChI is InChI=1S/C23H29N5O3/c1-15-18(21(24)29)14-25-22(26-15)19-7-6-12-28(19)23(30)17-13-16(8-9-20(17)31-2)27-10-4-3-5-11-27/h8-9,13-14,19H,3-7,10-12H2,1-2H3,(H2,24,29). The highest BCUT2D eigenvalue weighted by Crippen LogP contribution is 2.35. The maximum atomic E-state index is 13.6. The molecule has 0 saturated carbocycles. The first-order chi connectivity index (χ1) is 15.0. The Bertz CT molecular complexity index is 987. The summed E-state index contributed by atoms with van der Waals surface area (Å²) in [5.74, 6) is 0.471. The number of likely N-dealkylation sites (tertiary alicyclic amines) is 1. The van der Waals surface area contributed by atoms with Crippen LogP contribution in [0.2, 0.25) is 0 Å². The fourth-order valence-corrected chi connectivity index (χ4v) is 4.53. The highest BCUT2D eigenvalue weighted by Gasteiger charge is 2.34. The van der Waals surface area contributed by atoms with Crippen LogP contribution in [0, 0.1) is 6.92 Å². The second kappa shape index (κ2) is 8.91. The number of piperidine rings is 1. The molecule has 2 amide bonds. The number of anilines is 1. The van der Waals surface area contributed by atoms with Crippen molar-refractivity contribution in [2.45, 2.75) is 45.1 Å². The van der Waals surface area contributed by atoms with Gasteiger partial charge in [-0.15, -0.1) is 0 Å². The predicted molar refractivity (Wildman–Crippen MR) is 117 cm³/mol. The van der Waals surface area contributed by atoms with E-state index in [1.165, 1.54) is 25.5 Å². The van der Waals surface area contributed by atoms with E-state index in [1.807, 2.05) is 23.1 Å². The Morgan fingerprint density at radius 2 is 1.87 bits per heavy atom. The number of hydrogen-bond donors (Lipinski definition) is 1. The summed E-state index contributed by atoms with van der Waals surface area (Å²) in [6, 6.07) is 5.61. The van der Waals surface area contributed by atoms with E-state index in [1.54, 1.807) is 14.0 Å². The molecule has 8 heteroatoms. The van der Waals surface area contributed by atoms with Crippen LogP contribution in [0.25, 0.3) is 0 Å². The Morgan fingerprint density at radius 3 is 2.55 bits per heavy atom. The number of hydrogen-bond acceptors (Lipinski definition) is 6. The molecule has 0 radical (unpaired) electrons. The summed E-state index contributed by atoms with van der Waals surface area (Å²) in [7, 11) is 1.59. The van der Waals surface area contributed by atoms with E-state index in [-0.39, 0.29) is 11.9 Å². The van der Waals surface area contributed by atoms with Crippen LogP contribution in [0.3, 0.4) is 0 Å². The molecule has 2 saturated heterocycles. The lowest BCUT2D eigenvalue weighted by Crippen LogP contribution is -2.33. The van der Waals surface area contributed by atoms with Crippen LogP contribution in [0.15, 0.2) is 24.4 Å². The first kappa shape index (κ1) is 21.1. The van der Waals surface area contributed by atoms with Crippen molar-refractivity contribution in [1.29, 1.82) is 0 Å². The Morgan fingerprint density at radius 1 is 1.10 bits per heavy atom. The fraction of sp³-hybridized carbons (Fsp3) is 0.478. The third kappa shape index (κ3) is 4.19. The minimum Gasteiger partial charge on any atom is -0.496 e. The number of rotatable bonds is 5. The Hall–Kier alpha value is -3.16. The monoisotopic (exact) mass is 423 g/mol. The second-order valence-corrected chi connectivity index (χ2v) is 8.18. The summed E-state index contributed by atoms with van der Waals surface area (Å²) in [5, 5.41) is 0. The molecular formula is C23H29N5O3. The summed E-state index contributed by atoms with van der Waals surface area (Å²) >= 11 is 0. The molecule has 2 fully saturated rings. The molecule has 1 atom stereocenters. The smallest absolute Gasteiger partial charge is 0.258 e. The van der Waals surface area contributed by atoms with Crippen LogP contribution in [0.5, 0.6) is 5.75 Å². The van der Waals surface area contributed by atoms with Gasteiger partial charge in [-0.2, -0.15) is 0 Å². The average Bonchev–Trinajstić information content (AvgIpc) is 3.28. The van der Waals surface area contributed by atoms with Gasteiger partial charge in [-0.3, -0.25) is 9.59 Å². The van der Waals surface area contributed by atoms with Crippen molar-refractivity contribution < 1.29 is 14.3 Å². The first-order valence-corrected chi connectivity index (χ1v) is 10.9. The van der Waals surface area contributed by atoms with Crippen LogP contribution >= 0.6 is 0 Å². The number of benzene rings is 1. The lowest BCUT2D eigenvalue weighted by Gasteiger charge is -2.30. The molecule has 2 aromatic rings. The predicted octanol–water partition coefficient (Wildman–Crippen LogP) is 2.86. The van der Waals surface area contributed by atoms with Crippen LogP contribution in [0.4, 0.5) is 5.69 Å². The van der Waals surface area contributed by atoms with Gasteiger partial charge in [0.25, 0.3) is 11.8 Å². The molecule has 8 nitrogen and oxygen atoms in total. The first-order valence-electron chi connectivity index (χ1n) is 10.9. The molecule has 1 unspecified atom stereocenters. The van der Waals surface area contributed by atoms with Gasteiger partial charge in [0.05, 0.1) is 30.0 Å². The number of amides is 2. The number of nitrogens with two attached hydrogens (primary N) is 1. The number of aryl methyl sites for hydroxylation is 1. The van der Waals surface area contributed by atoms with E-state index in [4.69, 9.17) is 10.5 Å². The molecule has 2 aliphatic heterocycles.